The van der Waals surface area contributed by atoms with E-state index in [1.54, 1.807) is 6.07 Å². The number of aliphatic carboxylic acids is 2. The molecule has 1 aliphatic heterocycles. The zero-order chi connectivity index (χ0) is 28.2. The molecule has 3 rings (SSSR count). The average Bonchev–Trinajstić information content (AvgIpc) is 2.88. The molecule has 0 aliphatic carbocycles. The fourth-order valence-electron chi connectivity index (χ4n) is 5.27. The standard InChI is InChI=1S/C31H42O8/c32-25-16-15-23(19-26(25)33)31-27(34)20-24-22(12-8-4-2-6-10-14-30(37)38)17-21(18-28(24)39-31)11-7-3-1-5-9-13-29(35)36/h15-19,27,31-34H,1-14,20H2,(H,35,36)(H,37,38)/t27-,31-/m0/s1. The van der Waals surface area contributed by atoms with Crippen molar-refractivity contribution in [1.82, 2.24) is 0 Å². The summed E-state index contributed by atoms with van der Waals surface area (Å²) >= 11 is 0. The lowest BCUT2D eigenvalue weighted by molar-refractivity contribution is -0.138. The van der Waals surface area contributed by atoms with Crippen molar-refractivity contribution < 1.29 is 39.9 Å². The summed E-state index contributed by atoms with van der Waals surface area (Å²) in [6.45, 7) is 0. The van der Waals surface area contributed by atoms with E-state index >= 15 is 0 Å². The van der Waals surface area contributed by atoms with Crippen molar-refractivity contribution >= 4 is 11.9 Å². The number of phenols is 2. The van der Waals surface area contributed by atoms with Crippen molar-refractivity contribution in [3.8, 4) is 17.2 Å². The Morgan fingerprint density at radius 1 is 0.744 bits per heavy atom. The first kappa shape index (κ1) is 30.3. The third kappa shape index (κ3) is 9.77. The normalized spacial score (nSPS) is 16.4. The number of benzene rings is 2. The van der Waals surface area contributed by atoms with Gasteiger partial charge in [0.25, 0.3) is 0 Å². The lowest BCUT2D eigenvalue weighted by atomic mass is 9.88. The van der Waals surface area contributed by atoms with Gasteiger partial charge >= 0.3 is 11.9 Å². The Labute approximate surface area is 230 Å². The van der Waals surface area contributed by atoms with Crippen LogP contribution in [0.2, 0.25) is 0 Å². The van der Waals surface area contributed by atoms with E-state index in [0.717, 1.165) is 75.5 Å². The highest BCUT2D eigenvalue weighted by Gasteiger charge is 2.32. The number of aryl methyl sites for hydroxylation is 2. The molecule has 0 radical (unpaired) electrons. The molecular formula is C31H42O8. The van der Waals surface area contributed by atoms with E-state index in [1.807, 2.05) is 6.07 Å². The van der Waals surface area contributed by atoms with Crippen LogP contribution in [0, 0.1) is 0 Å². The van der Waals surface area contributed by atoms with Crippen LogP contribution in [0.3, 0.4) is 0 Å². The summed E-state index contributed by atoms with van der Waals surface area (Å²) < 4.78 is 6.32. The van der Waals surface area contributed by atoms with Gasteiger partial charge in [0.2, 0.25) is 0 Å². The van der Waals surface area contributed by atoms with Crippen molar-refractivity contribution in [3.05, 3.63) is 52.6 Å². The third-order valence-corrected chi connectivity index (χ3v) is 7.40. The minimum absolute atomic E-state index is 0.213. The average molecular weight is 543 g/mol. The second-order valence-corrected chi connectivity index (χ2v) is 10.6. The highest BCUT2D eigenvalue weighted by atomic mass is 16.5. The number of hydrogen-bond acceptors (Lipinski definition) is 6. The van der Waals surface area contributed by atoms with Crippen molar-refractivity contribution in [2.24, 2.45) is 0 Å². The number of aromatic hydroxyl groups is 2. The Bertz CT molecular complexity index is 1100. The minimum atomic E-state index is -0.798. The van der Waals surface area contributed by atoms with Crippen LogP contribution in [0.15, 0.2) is 30.3 Å². The lowest BCUT2D eigenvalue weighted by Crippen LogP contribution is -2.31. The third-order valence-electron chi connectivity index (χ3n) is 7.40. The molecule has 214 valence electrons. The second kappa shape index (κ2) is 15.4. The summed E-state index contributed by atoms with van der Waals surface area (Å²) in [6.07, 6.45) is 10.3. The Kier molecular flexibility index (Phi) is 11.9. The topological polar surface area (TPSA) is 145 Å². The molecule has 2 aromatic rings. The first-order valence-corrected chi connectivity index (χ1v) is 14.2. The maximum atomic E-state index is 11.0. The number of fused-ring (bicyclic) bond motifs is 1. The monoisotopic (exact) mass is 542 g/mol. The van der Waals surface area contributed by atoms with Gasteiger partial charge in [-0.3, -0.25) is 9.59 Å². The molecule has 8 heteroatoms. The van der Waals surface area contributed by atoms with Crippen LogP contribution in [-0.4, -0.2) is 43.6 Å². The molecule has 0 saturated heterocycles. The Morgan fingerprint density at radius 2 is 1.33 bits per heavy atom. The minimum Gasteiger partial charge on any atom is -0.504 e. The predicted molar refractivity (Wildman–Crippen MR) is 147 cm³/mol. The van der Waals surface area contributed by atoms with Crippen LogP contribution >= 0.6 is 0 Å². The number of carboxylic acids is 2. The maximum Gasteiger partial charge on any atom is 0.303 e. The van der Waals surface area contributed by atoms with Crippen molar-refractivity contribution in [1.29, 1.82) is 0 Å². The highest BCUT2D eigenvalue weighted by molar-refractivity contribution is 5.66. The van der Waals surface area contributed by atoms with Gasteiger partial charge in [-0.25, -0.2) is 0 Å². The Hall–Kier alpha value is -3.26. The van der Waals surface area contributed by atoms with Crippen LogP contribution in [0.5, 0.6) is 17.2 Å². The summed E-state index contributed by atoms with van der Waals surface area (Å²) in [7, 11) is 0. The van der Waals surface area contributed by atoms with E-state index in [4.69, 9.17) is 14.9 Å². The van der Waals surface area contributed by atoms with Gasteiger partial charge in [-0.1, -0.05) is 50.7 Å². The number of rotatable bonds is 17. The van der Waals surface area contributed by atoms with Gasteiger partial charge in [-0.05, 0) is 73.4 Å². The van der Waals surface area contributed by atoms with Gasteiger partial charge in [0, 0.05) is 24.8 Å². The van der Waals surface area contributed by atoms with Gasteiger partial charge < -0.3 is 30.3 Å². The first-order chi connectivity index (χ1) is 18.7. The second-order valence-electron chi connectivity index (χ2n) is 10.6. The summed E-state index contributed by atoms with van der Waals surface area (Å²) in [5.41, 5.74) is 3.93. The van der Waals surface area contributed by atoms with Gasteiger partial charge in [-0.15, -0.1) is 0 Å². The molecular weight excluding hydrogens is 500 g/mol. The van der Waals surface area contributed by atoms with Gasteiger partial charge in [0.1, 0.15) is 11.9 Å². The number of ether oxygens (including phenoxy) is 1. The number of unbranched alkanes of at least 4 members (excludes halogenated alkanes) is 8. The summed E-state index contributed by atoms with van der Waals surface area (Å²) in [4.78, 5) is 21.4. The van der Waals surface area contributed by atoms with Gasteiger partial charge in [-0.2, -0.15) is 0 Å². The van der Waals surface area contributed by atoms with Crippen molar-refractivity contribution in [3.63, 3.8) is 0 Å². The van der Waals surface area contributed by atoms with Crippen LogP contribution in [0.1, 0.15) is 105 Å². The zero-order valence-corrected chi connectivity index (χ0v) is 22.6. The molecule has 0 aromatic heterocycles. The fraction of sp³-hybridized carbons (Fsp3) is 0.548. The molecule has 0 unspecified atom stereocenters. The lowest BCUT2D eigenvalue weighted by Gasteiger charge is -2.33. The van der Waals surface area contributed by atoms with Crippen molar-refractivity contribution in [2.45, 2.75) is 109 Å². The molecule has 0 bridgehead atoms. The molecule has 2 aromatic carbocycles. The molecule has 5 N–H and O–H groups in total. The van der Waals surface area contributed by atoms with Crippen LogP contribution < -0.4 is 4.74 Å². The SMILES string of the molecule is O=C(O)CCCCCCCc1cc(CCCCCCCC(=O)O)c2c(c1)O[C@@H](c1ccc(O)c(O)c1)[C@@H](O)C2. The predicted octanol–water partition coefficient (Wildman–Crippen LogP) is 6.07. The quantitative estimate of drug-likeness (QED) is 0.120. The Morgan fingerprint density at radius 3 is 1.95 bits per heavy atom. The zero-order valence-electron chi connectivity index (χ0n) is 22.6. The summed E-state index contributed by atoms with van der Waals surface area (Å²) in [5, 5.41) is 48.2. The number of phenolic OH excluding ortho intramolecular Hbond substituents is 2. The maximum absolute atomic E-state index is 11.0. The molecule has 2 atom stereocenters. The first-order valence-electron chi connectivity index (χ1n) is 14.2. The molecule has 0 amide bonds. The molecule has 0 spiro atoms. The molecule has 39 heavy (non-hydrogen) atoms. The smallest absolute Gasteiger partial charge is 0.303 e. The largest absolute Gasteiger partial charge is 0.504 e. The van der Waals surface area contributed by atoms with E-state index in [0.29, 0.717) is 24.8 Å². The van der Waals surface area contributed by atoms with E-state index in [9.17, 15) is 24.9 Å². The molecule has 1 aliphatic rings. The number of hydrogen-bond donors (Lipinski definition) is 5. The molecule has 0 saturated carbocycles. The van der Waals surface area contributed by atoms with Gasteiger partial charge in [0.05, 0.1) is 6.10 Å². The number of carbonyl (C=O) groups is 2. The van der Waals surface area contributed by atoms with Gasteiger partial charge in [0.15, 0.2) is 11.5 Å². The molecule has 8 nitrogen and oxygen atoms in total. The van der Waals surface area contributed by atoms with Crippen molar-refractivity contribution in [2.75, 3.05) is 0 Å². The number of aliphatic hydroxyl groups is 1. The van der Waals surface area contributed by atoms with Crippen LogP contribution in [0.4, 0.5) is 0 Å². The highest BCUT2D eigenvalue weighted by Crippen LogP contribution is 2.40. The van der Waals surface area contributed by atoms with E-state index in [-0.39, 0.29) is 24.3 Å². The Balaban J connectivity index is 1.66. The van der Waals surface area contributed by atoms with Crippen LogP contribution in [-0.2, 0) is 28.9 Å². The fourth-order valence-corrected chi connectivity index (χ4v) is 5.27. The summed E-state index contributed by atoms with van der Waals surface area (Å²) in [5.74, 6) is -1.23. The summed E-state index contributed by atoms with van der Waals surface area (Å²) in [6, 6.07) is 8.73. The molecule has 0 fully saturated rings. The number of carboxylic acid groups (broad SMARTS) is 2. The number of aliphatic hydroxyl groups excluding tert-OH is 1. The van der Waals surface area contributed by atoms with E-state index in [2.05, 4.69) is 6.07 Å². The van der Waals surface area contributed by atoms with Crippen LogP contribution in [0.25, 0.3) is 0 Å². The van der Waals surface area contributed by atoms with E-state index in [1.165, 1.54) is 23.3 Å². The molecule has 1 heterocycles. The van der Waals surface area contributed by atoms with E-state index < -0.39 is 24.1 Å².